The molecule has 1 N–H and O–H groups in total. The quantitative estimate of drug-likeness (QED) is 0.616. The predicted molar refractivity (Wildman–Crippen MR) is 114 cm³/mol. The molecule has 3 rings (SSSR count). The fourth-order valence-corrected chi connectivity index (χ4v) is 3.83. The molecular formula is C22H23N3O3S. The van der Waals surface area contributed by atoms with Crippen LogP contribution in [0.25, 0.3) is 10.7 Å². The molecule has 29 heavy (non-hydrogen) atoms. The van der Waals surface area contributed by atoms with Gasteiger partial charge in [-0.3, -0.25) is 14.6 Å². The van der Waals surface area contributed by atoms with E-state index in [0.29, 0.717) is 5.69 Å². The van der Waals surface area contributed by atoms with Crippen LogP contribution in [-0.4, -0.2) is 27.9 Å². The van der Waals surface area contributed by atoms with Crippen LogP contribution in [-0.2, 0) is 20.7 Å². The number of anilines is 1. The van der Waals surface area contributed by atoms with Gasteiger partial charge in [0.05, 0.1) is 17.8 Å². The van der Waals surface area contributed by atoms with Gasteiger partial charge in [0, 0.05) is 17.3 Å². The van der Waals surface area contributed by atoms with E-state index in [2.05, 4.69) is 15.3 Å². The van der Waals surface area contributed by atoms with Crippen LogP contribution in [0, 0.1) is 20.8 Å². The maximum atomic E-state index is 12.5. The predicted octanol–water partition coefficient (Wildman–Crippen LogP) is 4.24. The van der Waals surface area contributed by atoms with E-state index >= 15 is 0 Å². The molecule has 0 fully saturated rings. The summed E-state index contributed by atoms with van der Waals surface area (Å²) in [7, 11) is 0. The standard InChI is InChI=1S/C22H23N3O3S/c1-13-9-14(2)20(15(3)10-13)25-21(27)16(4)28-19(26)11-17-12-29-22(24-17)18-7-5-6-8-23-18/h5-10,12,16H,11H2,1-4H3,(H,25,27). The lowest BCUT2D eigenvalue weighted by Gasteiger charge is -2.16. The molecule has 0 aliphatic carbocycles. The zero-order valence-corrected chi connectivity index (χ0v) is 17.7. The molecule has 6 nitrogen and oxygen atoms in total. The number of hydrogen-bond donors (Lipinski definition) is 1. The van der Waals surface area contributed by atoms with E-state index in [1.54, 1.807) is 18.5 Å². The fraction of sp³-hybridized carbons (Fsp3) is 0.273. The van der Waals surface area contributed by atoms with Crippen LogP contribution in [0.15, 0.2) is 41.9 Å². The molecule has 0 saturated heterocycles. The van der Waals surface area contributed by atoms with Gasteiger partial charge in [0.2, 0.25) is 0 Å². The zero-order valence-electron chi connectivity index (χ0n) is 16.9. The maximum absolute atomic E-state index is 12.5. The summed E-state index contributed by atoms with van der Waals surface area (Å²) in [5, 5.41) is 5.40. The van der Waals surface area contributed by atoms with E-state index < -0.39 is 12.1 Å². The van der Waals surface area contributed by atoms with Crippen molar-refractivity contribution in [2.24, 2.45) is 0 Å². The smallest absolute Gasteiger partial charge is 0.312 e. The van der Waals surface area contributed by atoms with Gasteiger partial charge < -0.3 is 10.1 Å². The minimum atomic E-state index is -0.906. The second kappa shape index (κ2) is 8.96. The second-order valence-electron chi connectivity index (χ2n) is 6.93. The third-order valence-electron chi connectivity index (χ3n) is 4.36. The zero-order chi connectivity index (χ0) is 21.0. The number of nitrogens with zero attached hydrogens (tertiary/aromatic N) is 2. The van der Waals surface area contributed by atoms with Crippen molar-refractivity contribution in [3.8, 4) is 10.7 Å². The van der Waals surface area contributed by atoms with Crippen molar-refractivity contribution in [1.82, 2.24) is 9.97 Å². The van der Waals surface area contributed by atoms with Crippen LogP contribution in [0.2, 0.25) is 0 Å². The monoisotopic (exact) mass is 409 g/mol. The Morgan fingerprint density at radius 2 is 1.90 bits per heavy atom. The first-order valence-electron chi connectivity index (χ1n) is 9.27. The van der Waals surface area contributed by atoms with Crippen molar-refractivity contribution >= 4 is 28.9 Å². The molecule has 0 saturated carbocycles. The molecule has 0 bridgehead atoms. The number of thiazole rings is 1. The third kappa shape index (κ3) is 5.26. The van der Waals surface area contributed by atoms with Gasteiger partial charge in [-0.15, -0.1) is 11.3 Å². The number of aryl methyl sites for hydroxylation is 3. The van der Waals surface area contributed by atoms with E-state index in [9.17, 15) is 9.59 Å². The number of ether oxygens (including phenoxy) is 1. The number of hydrogen-bond acceptors (Lipinski definition) is 6. The van der Waals surface area contributed by atoms with Crippen LogP contribution in [0.3, 0.4) is 0 Å². The van der Waals surface area contributed by atoms with Gasteiger partial charge in [0.1, 0.15) is 5.01 Å². The van der Waals surface area contributed by atoms with E-state index in [1.165, 1.54) is 11.3 Å². The second-order valence-corrected chi connectivity index (χ2v) is 7.79. The highest BCUT2D eigenvalue weighted by Gasteiger charge is 2.20. The van der Waals surface area contributed by atoms with Gasteiger partial charge in [-0.1, -0.05) is 23.8 Å². The average Bonchev–Trinajstić information content (AvgIpc) is 3.13. The van der Waals surface area contributed by atoms with Gasteiger partial charge in [0.15, 0.2) is 6.10 Å². The SMILES string of the molecule is Cc1cc(C)c(NC(=O)C(C)OC(=O)Cc2csc(-c3ccccn3)n2)c(C)c1. The van der Waals surface area contributed by atoms with E-state index in [1.807, 2.05) is 51.1 Å². The first-order chi connectivity index (χ1) is 13.8. The van der Waals surface area contributed by atoms with Crippen molar-refractivity contribution in [2.75, 3.05) is 5.32 Å². The van der Waals surface area contributed by atoms with Crippen LogP contribution >= 0.6 is 11.3 Å². The largest absolute Gasteiger partial charge is 0.452 e. The molecule has 7 heteroatoms. The molecule has 1 unspecified atom stereocenters. The topological polar surface area (TPSA) is 81.2 Å². The van der Waals surface area contributed by atoms with Crippen LogP contribution in [0.1, 0.15) is 29.3 Å². The Balaban J connectivity index is 1.58. The number of benzene rings is 1. The number of nitrogens with one attached hydrogen (secondary N) is 1. The molecule has 1 aromatic carbocycles. The molecule has 2 aromatic heterocycles. The molecule has 150 valence electrons. The molecule has 0 aliphatic heterocycles. The average molecular weight is 410 g/mol. The van der Waals surface area contributed by atoms with Gasteiger partial charge in [-0.05, 0) is 51.0 Å². The van der Waals surface area contributed by atoms with Crippen LogP contribution in [0.5, 0.6) is 0 Å². The van der Waals surface area contributed by atoms with Gasteiger partial charge in [-0.25, -0.2) is 4.98 Å². The van der Waals surface area contributed by atoms with Crippen molar-refractivity contribution in [1.29, 1.82) is 0 Å². The number of carbonyl (C=O) groups excluding carboxylic acids is 2. The van der Waals surface area contributed by atoms with Crippen LogP contribution < -0.4 is 5.32 Å². The molecule has 0 aliphatic rings. The summed E-state index contributed by atoms with van der Waals surface area (Å²) in [6, 6.07) is 9.58. The number of esters is 1. The highest BCUT2D eigenvalue weighted by molar-refractivity contribution is 7.13. The maximum Gasteiger partial charge on any atom is 0.312 e. The minimum absolute atomic E-state index is 0.00351. The molecule has 3 aromatic rings. The molecule has 1 amide bonds. The van der Waals surface area contributed by atoms with Gasteiger partial charge >= 0.3 is 5.97 Å². The van der Waals surface area contributed by atoms with Crippen molar-refractivity contribution in [2.45, 2.75) is 40.2 Å². The minimum Gasteiger partial charge on any atom is -0.452 e. The normalized spacial score (nSPS) is 11.7. The Kier molecular flexibility index (Phi) is 6.39. The number of aromatic nitrogens is 2. The highest BCUT2D eigenvalue weighted by Crippen LogP contribution is 2.23. The number of amides is 1. The molecular weight excluding hydrogens is 386 g/mol. The molecule has 2 heterocycles. The Labute approximate surface area is 174 Å². The van der Waals surface area contributed by atoms with E-state index in [0.717, 1.165) is 33.1 Å². The molecule has 0 spiro atoms. The molecule has 1 atom stereocenters. The summed E-state index contributed by atoms with van der Waals surface area (Å²) < 4.78 is 5.30. The Hall–Kier alpha value is -3.06. The highest BCUT2D eigenvalue weighted by atomic mass is 32.1. The van der Waals surface area contributed by atoms with E-state index in [-0.39, 0.29) is 12.3 Å². The summed E-state index contributed by atoms with van der Waals surface area (Å²) in [6.45, 7) is 7.45. The van der Waals surface area contributed by atoms with Gasteiger partial charge in [-0.2, -0.15) is 0 Å². The lowest BCUT2D eigenvalue weighted by atomic mass is 10.0. The third-order valence-corrected chi connectivity index (χ3v) is 5.28. The summed E-state index contributed by atoms with van der Waals surface area (Å²) in [4.78, 5) is 33.4. The van der Waals surface area contributed by atoms with E-state index in [4.69, 9.17) is 4.74 Å². The molecule has 0 radical (unpaired) electrons. The lowest BCUT2D eigenvalue weighted by molar-refractivity contribution is -0.152. The Morgan fingerprint density at radius 3 is 2.55 bits per heavy atom. The van der Waals surface area contributed by atoms with Crippen LogP contribution in [0.4, 0.5) is 5.69 Å². The summed E-state index contributed by atoms with van der Waals surface area (Å²) in [5.41, 5.74) is 5.18. The Morgan fingerprint density at radius 1 is 1.17 bits per heavy atom. The summed E-state index contributed by atoms with van der Waals surface area (Å²) >= 11 is 1.42. The summed E-state index contributed by atoms with van der Waals surface area (Å²) in [6.07, 6.45) is 0.794. The van der Waals surface area contributed by atoms with Crippen molar-refractivity contribution < 1.29 is 14.3 Å². The fourth-order valence-electron chi connectivity index (χ4n) is 3.04. The Bertz CT molecular complexity index is 1010. The number of carbonyl (C=O) groups is 2. The van der Waals surface area contributed by atoms with Crippen molar-refractivity contribution in [3.63, 3.8) is 0 Å². The van der Waals surface area contributed by atoms with Gasteiger partial charge in [0.25, 0.3) is 5.91 Å². The lowest BCUT2D eigenvalue weighted by Crippen LogP contribution is -2.31. The summed E-state index contributed by atoms with van der Waals surface area (Å²) in [5.74, 6) is -0.858. The first-order valence-corrected chi connectivity index (χ1v) is 10.2. The number of pyridine rings is 1. The number of rotatable bonds is 6. The first kappa shape index (κ1) is 20.7. The van der Waals surface area contributed by atoms with Crippen molar-refractivity contribution in [3.05, 3.63) is 64.3 Å².